The van der Waals surface area contributed by atoms with Gasteiger partial charge >= 0.3 is 0 Å². The van der Waals surface area contributed by atoms with Gasteiger partial charge in [0.1, 0.15) is 10.7 Å². The first-order valence-electron chi connectivity index (χ1n) is 7.09. The molecule has 0 atom stereocenters. The third-order valence-electron chi connectivity index (χ3n) is 3.25. The lowest BCUT2D eigenvalue weighted by molar-refractivity contribution is 0.979. The Morgan fingerprint density at radius 2 is 1.80 bits per heavy atom. The number of nitrogens with zero attached hydrogens (tertiary/aromatic N) is 6. The Kier molecular flexibility index (Phi) is 4.44. The predicted octanol–water partition coefficient (Wildman–Crippen LogP) is 4.33. The van der Waals surface area contributed by atoms with Crippen LogP contribution in [0.3, 0.4) is 0 Å². The maximum absolute atomic E-state index is 6.54. The first-order chi connectivity index (χ1) is 12.2. The SMILES string of the molecule is Clc1cnc2nc(Sc3cccc(-c4cnccn4)c3Cl)ncc2n1. The van der Waals surface area contributed by atoms with Crippen molar-refractivity contribution >= 4 is 46.1 Å². The third-order valence-corrected chi connectivity index (χ3v) is 4.89. The quantitative estimate of drug-likeness (QED) is 0.484. The Hall–Kier alpha value is -2.35. The van der Waals surface area contributed by atoms with Crippen molar-refractivity contribution in [1.82, 2.24) is 29.9 Å². The summed E-state index contributed by atoms with van der Waals surface area (Å²) in [4.78, 5) is 26.1. The van der Waals surface area contributed by atoms with E-state index in [-0.39, 0.29) is 0 Å². The van der Waals surface area contributed by atoms with Gasteiger partial charge in [0, 0.05) is 22.9 Å². The molecular weight excluding hydrogens is 379 g/mol. The van der Waals surface area contributed by atoms with Gasteiger partial charge < -0.3 is 0 Å². The minimum absolute atomic E-state index is 0.302. The highest BCUT2D eigenvalue weighted by atomic mass is 35.5. The van der Waals surface area contributed by atoms with Crippen LogP contribution in [0.5, 0.6) is 0 Å². The Morgan fingerprint density at radius 3 is 2.64 bits per heavy atom. The fraction of sp³-hybridized carbons (Fsp3) is 0. The molecule has 0 N–H and O–H groups in total. The van der Waals surface area contributed by atoms with Gasteiger partial charge in [-0.25, -0.2) is 19.9 Å². The van der Waals surface area contributed by atoms with E-state index in [2.05, 4.69) is 29.9 Å². The highest BCUT2D eigenvalue weighted by molar-refractivity contribution is 7.99. The molecule has 9 heteroatoms. The molecule has 3 heterocycles. The molecule has 25 heavy (non-hydrogen) atoms. The molecule has 0 unspecified atom stereocenters. The zero-order valence-electron chi connectivity index (χ0n) is 12.5. The first kappa shape index (κ1) is 16.1. The summed E-state index contributed by atoms with van der Waals surface area (Å²) in [5.74, 6) is 0. The van der Waals surface area contributed by atoms with E-state index in [1.807, 2.05) is 18.2 Å². The van der Waals surface area contributed by atoms with Crippen LogP contribution in [-0.2, 0) is 0 Å². The van der Waals surface area contributed by atoms with Crippen molar-refractivity contribution in [3.8, 4) is 11.3 Å². The van der Waals surface area contributed by atoms with Crippen LogP contribution in [0.4, 0.5) is 0 Å². The molecule has 6 nitrogen and oxygen atoms in total. The average molecular weight is 387 g/mol. The standard InChI is InChI=1S/C16H8Cl2N6S/c17-13-8-21-15-11(23-13)7-22-16(24-15)25-12-3-1-2-9(14(12)18)10-6-19-4-5-20-10/h1-8H. The maximum atomic E-state index is 6.54. The van der Waals surface area contributed by atoms with E-state index in [9.17, 15) is 0 Å². The van der Waals surface area contributed by atoms with Gasteiger partial charge in [0.05, 0.1) is 29.3 Å². The molecule has 0 saturated heterocycles. The fourth-order valence-electron chi connectivity index (χ4n) is 2.16. The fourth-order valence-corrected chi connectivity index (χ4v) is 3.41. The van der Waals surface area contributed by atoms with E-state index >= 15 is 0 Å². The van der Waals surface area contributed by atoms with Crippen molar-refractivity contribution in [1.29, 1.82) is 0 Å². The van der Waals surface area contributed by atoms with Crippen molar-refractivity contribution in [3.63, 3.8) is 0 Å². The maximum Gasteiger partial charge on any atom is 0.194 e. The second kappa shape index (κ2) is 6.87. The minimum Gasteiger partial charge on any atom is -0.261 e. The molecule has 0 bridgehead atoms. The Balaban J connectivity index is 1.70. The van der Waals surface area contributed by atoms with Gasteiger partial charge in [-0.2, -0.15) is 0 Å². The van der Waals surface area contributed by atoms with E-state index in [1.54, 1.807) is 24.8 Å². The lowest BCUT2D eigenvalue weighted by atomic mass is 10.1. The van der Waals surface area contributed by atoms with E-state index < -0.39 is 0 Å². The summed E-state index contributed by atoms with van der Waals surface area (Å²) in [5, 5.41) is 1.39. The summed E-state index contributed by atoms with van der Waals surface area (Å²) in [6, 6.07) is 5.69. The van der Waals surface area contributed by atoms with Crippen LogP contribution in [0, 0.1) is 0 Å². The first-order valence-corrected chi connectivity index (χ1v) is 8.66. The van der Waals surface area contributed by atoms with Gasteiger partial charge in [0.25, 0.3) is 0 Å². The molecule has 0 radical (unpaired) electrons. The van der Waals surface area contributed by atoms with E-state index in [1.165, 1.54) is 18.0 Å². The lowest BCUT2D eigenvalue weighted by Crippen LogP contribution is -1.93. The van der Waals surface area contributed by atoms with Gasteiger partial charge in [-0.1, -0.05) is 35.3 Å². The molecular formula is C16H8Cl2N6S. The molecule has 0 saturated carbocycles. The Labute approximate surface area is 156 Å². The van der Waals surface area contributed by atoms with Crippen LogP contribution in [-0.4, -0.2) is 29.9 Å². The number of aromatic nitrogens is 6. The summed E-state index contributed by atoms with van der Waals surface area (Å²) in [6.07, 6.45) is 7.95. The van der Waals surface area contributed by atoms with E-state index in [0.29, 0.717) is 32.2 Å². The van der Waals surface area contributed by atoms with Gasteiger partial charge in [-0.05, 0) is 17.8 Å². The number of halogens is 2. The Bertz CT molecular complexity index is 1060. The molecule has 0 aliphatic rings. The monoisotopic (exact) mass is 386 g/mol. The molecule has 0 amide bonds. The van der Waals surface area contributed by atoms with Crippen LogP contribution in [0.25, 0.3) is 22.4 Å². The normalized spacial score (nSPS) is 11.0. The summed E-state index contributed by atoms with van der Waals surface area (Å²) < 4.78 is 0. The minimum atomic E-state index is 0.302. The number of rotatable bonds is 3. The number of hydrogen-bond donors (Lipinski definition) is 0. The highest BCUT2D eigenvalue weighted by Crippen LogP contribution is 2.37. The number of benzene rings is 1. The lowest BCUT2D eigenvalue weighted by Gasteiger charge is -2.08. The van der Waals surface area contributed by atoms with E-state index in [4.69, 9.17) is 23.2 Å². The number of fused-ring (bicyclic) bond motifs is 1. The second-order valence-corrected chi connectivity index (χ2v) is 6.64. The molecule has 0 spiro atoms. The molecule has 0 aliphatic heterocycles. The molecule has 3 aromatic heterocycles. The topological polar surface area (TPSA) is 77.3 Å². The summed E-state index contributed by atoms with van der Waals surface area (Å²) >= 11 is 13.7. The molecule has 4 rings (SSSR count). The largest absolute Gasteiger partial charge is 0.261 e. The molecule has 122 valence electrons. The zero-order valence-corrected chi connectivity index (χ0v) is 14.8. The summed E-state index contributed by atoms with van der Waals surface area (Å²) in [7, 11) is 0. The van der Waals surface area contributed by atoms with Gasteiger partial charge in [0.2, 0.25) is 0 Å². The van der Waals surface area contributed by atoms with Crippen LogP contribution in [0.2, 0.25) is 10.2 Å². The summed E-state index contributed by atoms with van der Waals surface area (Å²) in [6.45, 7) is 0. The van der Waals surface area contributed by atoms with Crippen LogP contribution >= 0.6 is 35.0 Å². The van der Waals surface area contributed by atoms with Crippen LogP contribution in [0.1, 0.15) is 0 Å². The summed E-state index contributed by atoms with van der Waals surface area (Å²) in [5.41, 5.74) is 2.52. The van der Waals surface area contributed by atoms with Crippen LogP contribution < -0.4 is 0 Å². The van der Waals surface area contributed by atoms with Crippen molar-refractivity contribution in [3.05, 3.63) is 59.4 Å². The molecule has 0 fully saturated rings. The van der Waals surface area contributed by atoms with Crippen molar-refractivity contribution in [2.24, 2.45) is 0 Å². The van der Waals surface area contributed by atoms with Crippen molar-refractivity contribution in [2.75, 3.05) is 0 Å². The molecule has 1 aromatic carbocycles. The zero-order chi connectivity index (χ0) is 17.2. The van der Waals surface area contributed by atoms with Gasteiger partial charge in [-0.15, -0.1) is 0 Å². The highest BCUT2D eigenvalue weighted by Gasteiger charge is 2.12. The second-order valence-electron chi connectivity index (χ2n) is 4.86. The van der Waals surface area contributed by atoms with Crippen molar-refractivity contribution in [2.45, 2.75) is 10.1 Å². The smallest absolute Gasteiger partial charge is 0.194 e. The van der Waals surface area contributed by atoms with Gasteiger partial charge in [0.15, 0.2) is 10.8 Å². The van der Waals surface area contributed by atoms with Crippen LogP contribution in [0.15, 0.2) is 59.2 Å². The average Bonchev–Trinajstić information content (AvgIpc) is 2.64. The number of hydrogen-bond acceptors (Lipinski definition) is 7. The molecule has 4 aromatic rings. The van der Waals surface area contributed by atoms with E-state index in [0.717, 1.165) is 10.5 Å². The third kappa shape index (κ3) is 3.39. The molecule has 0 aliphatic carbocycles. The van der Waals surface area contributed by atoms with Gasteiger partial charge in [-0.3, -0.25) is 9.97 Å². The van der Waals surface area contributed by atoms with Crippen molar-refractivity contribution < 1.29 is 0 Å². The Morgan fingerprint density at radius 1 is 0.880 bits per heavy atom. The predicted molar refractivity (Wildman–Crippen MR) is 96.7 cm³/mol.